The molecule has 0 bridgehead atoms. The molecule has 1 atom stereocenters. The molecule has 100 valence electrons. The fourth-order valence-corrected chi connectivity index (χ4v) is 2.39. The van der Waals surface area contributed by atoms with Crippen LogP contribution in [0.5, 0.6) is 0 Å². The number of rotatable bonds is 5. The van der Waals surface area contributed by atoms with E-state index in [2.05, 4.69) is 21.2 Å². The Balaban J connectivity index is 2.94. The lowest BCUT2D eigenvalue weighted by Crippen LogP contribution is -2.35. The van der Waals surface area contributed by atoms with Gasteiger partial charge >= 0.3 is 0 Å². The Hall–Kier alpha value is -1.07. The van der Waals surface area contributed by atoms with E-state index < -0.39 is 6.10 Å². The third-order valence-corrected chi connectivity index (χ3v) is 3.48. The van der Waals surface area contributed by atoms with E-state index in [0.29, 0.717) is 6.54 Å². The number of hydrogen-bond donors (Lipinski definition) is 2. The highest BCUT2D eigenvalue weighted by Gasteiger charge is 2.12. The first kappa shape index (κ1) is 15.0. The molecule has 5 heteroatoms. The monoisotopic (exact) mass is 314 g/mol. The highest BCUT2D eigenvalue weighted by molar-refractivity contribution is 9.10. The second-order valence-corrected chi connectivity index (χ2v) is 4.92. The van der Waals surface area contributed by atoms with Crippen LogP contribution >= 0.6 is 15.9 Å². The molecule has 1 rings (SSSR count). The summed E-state index contributed by atoms with van der Waals surface area (Å²) in [6.07, 6.45) is -0.512. The van der Waals surface area contributed by atoms with Crippen molar-refractivity contribution in [2.24, 2.45) is 0 Å². The number of carbonyl (C=O) groups is 1. The van der Waals surface area contributed by atoms with Crippen molar-refractivity contribution in [2.45, 2.75) is 20.0 Å². The van der Waals surface area contributed by atoms with Crippen LogP contribution in [-0.2, 0) is 4.79 Å². The molecular weight excluding hydrogens is 296 g/mol. The van der Waals surface area contributed by atoms with Crippen LogP contribution in [0.1, 0.15) is 25.5 Å². The zero-order chi connectivity index (χ0) is 13.7. The first-order valence-electron chi connectivity index (χ1n) is 5.92. The fraction of sp³-hybridized carbons (Fsp3) is 0.462. The van der Waals surface area contributed by atoms with Gasteiger partial charge in [0.15, 0.2) is 0 Å². The minimum absolute atomic E-state index is 0.0208. The number of hydrogen-bond acceptors (Lipinski definition) is 3. The van der Waals surface area contributed by atoms with Gasteiger partial charge in [0.1, 0.15) is 0 Å². The summed E-state index contributed by atoms with van der Waals surface area (Å²) in [5.74, 6) is -0.0208. The Morgan fingerprint density at radius 1 is 1.56 bits per heavy atom. The van der Waals surface area contributed by atoms with Gasteiger partial charge in [-0.25, -0.2) is 0 Å². The maximum absolute atomic E-state index is 11.4. The van der Waals surface area contributed by atoms with E-state index in [0.717, 1.165) is 22.3 Å². The lowest BCUT2D eigenvalue weighted by Gasteiger charge is -2.23. The predicted molar refractivity (Wildman–Crippen MR) is 76.7 cm³/mol. The number of benzene rings is 1. The van der Waals surface area contributed by atoms with Gasteiger partial charge in [-0.2, -0.15) is 0 Å². The molecule has 1 aromatic carbocycles. The van der Waals surface area contributed by atoms with Gasteiger partial charge in [0, 0.05) is 23.8 Å². The number of nitrogens with one attached hydrogen (secondary N) is 1. The number of aliphatic hydroxyl groups is 1. The summed E-state index contributed by atoms with van der Waals surface area (Å²) < 4.78 is 0.852. The van der Waals surface area contributed by atoms with Crippen molar-refractivity contribution in [1.29, 1.82) is 0 Å². The quantitative estimate of drug-likeness (QED) is 0.875. The molecule has 1 aromatic rings. The van der Waals surface area contributed by atoms with Gasteiger partial charge in [0.25, 0.3) is 0 Å². The van der Waals surface area contributed by atoms with Crippen LogP contribution in [0, 0.1) is 0 Å². The number of anilines is 1. The number of likely N-dealkylation sites (N-methyl/N-ethyl adjacent to an activating group) is 2. The number of nitrogens with zero attached hydrogens (tertiary/aromatic N) is 1. The van der Waals surface area contributed by atoms with E-state index in [1.165, 1.54) is 0 Å². The number of amides is 1. The van der Waals surface area contributed by atoms with Crippen LogP contribution in [0.3, 0.4) is 0 Å². The van der Waals surface area contributed by atoms with Crippen LogP contribution < -0.4 is 10.2 Å². The average Bonchev–Trinajstić information content (AvgIpc) is 2.34. The summed E-state index contributed by atoms with van der Waals surface area (Å²) >= 11 is 3.44. The van der Waals surface area contributed by atoms with Crippen LogP contribution in [0.15, 0.2) is 22.7 Å². The molecule has 2 N–H and O–H groups in total. The summed E-state index contributed by atoms with van der Waals surface area (Å²) in [6.45, 7) is 4.79. The van der Waals surface area contributed by atoms with Crippen molar-refractivity contribution < 1.29 is 9.90 Å². The minimum atomic E-state index is -0.512. The number of aliphatic hydroxyl groups excluding tert-OH is 1. The zero-order valence-corrected chi connectivity index (χ0v) is 12.5. The Bertz CT molecular complexity index is 421. The maximum atomic E-state index is 11.4. The van der Waals surface area contributed by atoms with Crippen molar-refractivity contribution in [3.05, 3.63) is 28.2 Å². The van der Waals surface area contributed by atoms with Crippen molar-refractivity contribution >= 4 is 27.5 Å². The van der Waals surface area contributed by atoms with E-state index in [4.69, 9.17) is 0 Å². The first-order chi connectivity index (χ1) is 8.49. The van der Waals surface area contributed by atoms with E-state index in [1.807, 2.05) is 30.0 Å². The molecule has 4 nitrogen and oxygen atoms in total. The molecule has 0 fully saturated rings. The summed E-state index contributed by atoms with van der Waals surface area (Å²) in [7, 11) is 1.63. The van der Waals surface area contributed by atoms with Gasteiger partial charge in [-0.3, -0.25) is 4.79 Å². The summed E-state index contributed by atoms with van der Waals surface area (Å²) in [5.41, 5.74) is 1.80. The maximum Gasteiger partial charge on any atom is 0.239 e. The minimum Gasteiger partial charge on any atom is -0.389 e. The summed E-state index contributed by atoms with van der Waals surface area (Å²) in [6, 6.07) is 5.71. The molecule has 0 aromatic heterocycles. The third kappa shape index (κ3) is 3.71. The highest BCUT2D eigenvalue weighted by Crippen LogP contribution is 2.28. The number of halogens is 1. The van der Waals surface area contributed by atoms with E-state index in [9.17, 15) is 9.90 Å². The van der Waals surface area contributed by atoms with Gasteiger partial charge in [-0.05, 0) is 31.5 Å². The van der Waals surface area contributed by atoms with Crippen molar-refractivity contribution in [3.63, 3.8) is 0 Å². The molecule has 18 heavy (non-hydrogen) atoms. The van der Waals surface area contributed by atoms with Gasteiger partial charge < -0.3 is 15.3 Å². The molecule has 0 saturated carbocycles. The average molecular weight is 315 g/mol. The van der Waals surface area contributed by atoms with Crippen molar-refractivity contribution in [3.8, 4) is 0 Å². The first-order valence-corrected chi connectivity index (χ1v) is 6.72. The van der Waals surface area contributed by atoms with Gasteiger partial charge in [0.05, 0.1) is 12.6 Å². The largest absolute Gasteiger partial charge is 0.389 e. The topological polar surface area (TPSA) is 52.6 Å². The van der Waals surface area contributed by atoms with E-state index in [-0.39, 0.29) is 5.91 Å². The molecule has 0 spiro atoms. The SMILES string of the molecule is CCN(CC(=O)NC)c1ccc([C@@H](C)O)c(Br)c1. The lowest BCUT2D eigenvalue weighted by atomic mass is 10.1. The van der Waals surface area contributed by atoms with Crippen LogP contribution in [0.25, 0.3) is 0 Å². The Morgan fingerprint density at radius 3 is 2.67 bits per heavy atom. The predicted octanol–water partition coefficient (Wildman–Crippen LogP) is 2.07. The van der Waals surface area contributed by atoms with Crippen molar-refractivity contribution in [2.75, 3.05) is 25.0 Å². The molecule has 0 saturated heterocycles. The molecular formula is C13H19BrN2O2. The summed E-state index contributed by atoms with van der Waals surface area (Å²) in [4.78, 5) is 13.4. The van der Waals surface area contributed by atoms with E-state index >= 15 is 0 Å². The third-order valence-electron chi connectivity index (χ3n) is 2.79. The van der Waals surface area contributed by atoms with Gasteiger partial charge in [0.2, 0.25) is 5.91 Å². The Labute approximate surface area is 116 Å². The number of carbonyl (C=O) groups excluding carboxylic acids is 1. The van der Waals surface area contributed by atoms with Gasteiger partial charge in [-0.1, -0.05) is 22.0 Å². The Morgan fingerprint density at radius 2 is 2.22 bits per heavy atom. The molecule has 0 radical (unpaired) electrons. The molecule has 0 heterocycles. The molecule has 0 aliphatic carbocycles. The van der Waals surface area contributed by atoms with Crippen LogP contribution in [0.2, 0.25) is 0 Å². The van der Waals surface area contributed by atoms with Crippen LogP contribution in [-0.4, -0.2) is 31.2 Å². The molecule has 0 unspecified atom stereocenters. The fourth-order valence-electron chi connectivity index (χ4n) is 1.69. The second-order valence-electron chi connectivity index (χ2n) is 4.07. The highest BCUT2D eigenvalue weighted by atomic mass is 79.9. The van der Waals surface area contributed by atoms with Crippen molar-refractivity contribution in [1.82, 2.24) is 5.32 Å². The van der Waals surface area contributed by atoms with Gasteiger partial charge in [-0.15, -0.1) is 0 Å². The molecule has 0 aliphatic rings. The second kappa shape index (κ2) is 6.75. The lowest BCUT2D eigenvalue weighted by molar-refractivity contribution is -0.119. The summed E-state index contributed by atoms with van der Waals surface area (Å²) in [5, 5.41) is 12.2. The Kier molecular flexibility index (Phi) is 5.62. The van der Waals surface area contributed by atoms with E-state index in [1.54, 1.807) is 14.0 Å². The van der Waals surface area contributed by atoms with Crippen LogP contribution in [0.4, 0.5) is 5.69 Å². The molecule has 0 aliphatic heterocycles. The standard InChI is InChI=1S/C13H19BrN2O2/c1-4-16(8-13(18)15-3)10-5-6-11(9(2)17)12(14)7-10/h5-7,9,17H,4,8H2,1-3H3,(H,15,18)/t9-/m1/s1. The zero-order valence-electron chi connectivity index (χ0n) is 10.9. The smallest absolute Gasteiger partial charge is 0.239 e. The normalized spacial score (nSPS) is 12.1. The molecule has 1 amide bonds.